The third-order valence-electron chi connectivity index (χ3n) is 7.05. The van der Waals surface area contributed by atoms with E-state index in [1.165, 1.54) is 7.11 Å². The highest BCUT2D eigenvalue weighted by atomic mass is 16.5. The maximum absolute atomic E-state index is 12.8. The number of rotatable bonds is 6. The molecule has 0 radical (unpaired) electrons. The second-order valence-electron chi connectivity index (χ2n) is 9.53. The zero-order chi connectivity index (χ0) is 27.5. The summed E-state index contributed by atoms with van der Waals surface area (Å²) in [6.45, 7) is 1.42. The SMILES string of the molecule is COC(=O)c1ccc2c(c1)/C(=C/Cn1cnc3cc(C(=O)NCc4ccccc4)ccc31)c1ccccc1CO2. The molecular weight excluding hydrogens is 502 g/mol. The first-order chi connectivity index (χ1) is 19.6. The molecule has 7 nitrogen and oxygen atoms in total. The Balaban J connectivity index is 1.30. The van der Waals surface area contributed by atoms with Gasteiger partial charge in [-0.05, 0) is 58.7 Å². The number of carbonyl (C=O) groups excluding carboxylic acids is 2. The highest BCUT2D eigenvalue weighted by Gasteiger charge is 2.21. The number of esters is 1. The van der Waals surface area contributed by atoms with E-state index >= 15 is 0 Å². The maximum atomic E-state index is 12.8. The molecule has 198 valence electrons. The number of nitrogens with one attached hydrogen (secondary N) is 1. The molecule has 1 aromatic heterocycles. The summed E-state index contributed by atoms with van der Waals surface area (Å²) < 4.78 is 13.1. The monoisotopic (exact) mass is 529 g/mol. The van der Waals surface area contributed by atoms with E-state index in [1.54, 1.807) is 12.4 Å². The van der Waals surface area contributed by atoms with Crippen LogP contribution in [0.1, 0.15) is 43.0 Å². The fraction of sp³-hybridized carbons (Fsp3) is 0.121. The van der Waals surface area contributed by atoms with E-state index < -0.39 is 5.97 Å². The van der Waals surface area contributed by atoms with Crippen molar-refractivity contribution in [3.05, 3.63) is 137 Å². The summed E-state index contributed by atoms with van der Waals surface area (Å²) in [7, 11) is 1.37. The topological polar surface area (TPSA) is 82.5 Å². The molecule has 0 atom stereocenters. The Hall–Kier alpha value is -5.17. The third-order valence-corrected chi connectivity index (χ3v) is 7.05. The zero-order valence-electron chi connectivity index (χ0n) is 22.0. The molecule has 4 aromatic carbocycles. The number of methoxy groups -OCH3 is 1. The lowest BCUT2D eigenvalue weighted by atomic mass is 9.93. The molecule has 0 bridgehead atoms. The van der Waals surface area contributed by atoms with Gasteiger partial charge in [0, 0.05) is 24.2 Å². The van der Waals surface area contributed by atoms with Crippen LogP contribution in [-0.4, -0.2) is 28.5 Å². The number of nitrogens with zero attached hydrogens (tertiary/aromatic N) is 2. The number of ether oxygens (including phenoxy) is 2. The summed E-state index contributed by atoms with van der Waals surface area (Å²) in [6.07, 6.45) is 3.90. The Bertz CT molecular complexity index is 1750. The van der Waals surface area contributed by atoms with Gasteiger partial charge in [0.15, 0.2) is 0 Å². The van der Waals surface area contributed by atoms with Gasteiger partial charge in [-0.15, -0.1) is 0 Å². The normalized spacial score (nSPS) is 13.2. The third kappa shape index (κ3) is 4.97. The minimum Gasteiger partial charge on any atom is -0.488 e. The molecule has 1 aliphatic rings. The molecule has 0 aliphatic carbocycles. The van der Waals surface area contributed by atoms with Gasteiger partial charge in [0.1, 0.15) is 12.4 Å². The van der Waals surface area contributed by atoms with Crippen LogP contribution < -0.4 is 10.1 Å². The van der Waals surface area contributed by atoms with Gasteiger partial charge in [-0.1, -0.05) is 60.7 Å². The molecule has 1 aliphatic heterocycles. The second-order valence-corrected chi connectivity index (χ2v) is 9.53. The average molecular weight is 530 g/mol. The van der Waals surface area contributed by atoms with Gasteiger partial charge < -0.3 is 19.4 Å². The average Bonchev–Trinajstić information content (AvgIpc) is 3.34. The summed E-state index contributed by atoms with van der Waals surface area (Å²) in [5.74, 6) is 0.163. The van der Waals surface area contributed by atoms with Gasteiger partial charge in [0.2, 0.25) is 0 Å². The first-order valence-electron chi connectivity index (χ1n) is 13.0. The summed E-state index contributed by atoms with van der Waals surface area (Å²) in [4.78, 5) is 29.6. The van der Waals surface area contributed by atoms with Crippen molar-refractivity contribution in [2.75, 3.05) is 7.11 Å². The van der Waals surface area contributed by atoms with Gasteiger partial charge in [-0.2, -0.15) is 0 Å². The van der Waals surface area contributed by atoms with Crippen molar-refractivity contribution in [3.8, 4) is 5.75 Å². The second kappa shape index (κ2) is 10.9. The molecule has 6 rings (SSSR count). The molecule has 1 N–H and O–H groups in total. The maximum Gasteiger partial charge on any atom is 0.337 e. The summed E-state index contributed by atoms with van der Waals surface area (Å²) in [5, 5.41) is 2.97. The van der Waals surface area contributed by atoms with Gasteiger partial charge in [0.05, 0.1) is 30.0 Å². The van der Waals surface area contributed by atoms with Crippen LogP contribution in [0.5, 0.6) is 5.75 Å². The molecule has 40 heavy (non-hydrogen) atoms. The number of hydrogen-bond donors (Lipinski definition) is 1. The highest BCUT2D eigenvalue weighted by Crippen LogP contribution is 2.37. The molecule has 7 heteroatoms. The minimum atomic E-state index is -0.399. The molecule has 2 heterocycles. The van der Waals surface area contributed by atoms with Gasteiger partial charge in [-0.3, -0.25) is 4.79 Å². The van der Waals surface area contributed by atoms with Gasteiger partial charge in [0.25, 0.3) is 5.91 Å². The van der Waals surface area contributed by atoms with Gasteiger partial charge in [-0.25, -0.2) is 9.78 Å². The Morgan fingerprint density at radius 2 is 1.75 bits per heavy atom. The lowest BCUT2D eigenvalue weighted by Gasteiger charge is -2.12. The minimum absolute atomic E-state index is 0.143. The van der Waals surface area contributed by atoms with Crippen molar-refractivity contribution in [2.24, 2.45) is 0 Å². The van der Waals surface area contributed by atoms with E-state index in [1.807, 2.05) is 83.4 Å². The van der Waals surface area contributed by atoms with Crippen molar-refractivity contribution >= 4 is 28.5 Å². The van der Waals surface area contributed by atoms with Crippen molar-refractivity contribution in [2.45, 2.75) is 19.7 Å². The Morgan fingerprint density at radius 1 is 0.950 bits per heavy atom. The lowest BCUT2D eigenvalue weighted by molar-refractivity contribution is 0.0600. The van der Waals surface area contributed by atoms with Crippen LogP contribution in [0.25, 0.3) is 16.6 Å². The number of carbonyl (C=O) groups is 2. The number of benzene rings is 4. The smallest absolute Gasteiger partial charge is 0.337 e. The number of imidazole rings is 1. The van der Waals surface area contributed by atoms with E-state index in [0.29, 0.717) is 36.6 Å². The molecule has 0 fully saturated rings. The van der Waals surface area contributed by atoms with E-state index in [2.05, 4.69) is 22.4 Å². The van der Waals surface area contributed by atoms with Crippen LogP contribution in [0, 0.1) is 0 Å². The molecule has 0 spiro atoms. The summed E-state index contributed by atoms with van der Waals surface area (Å²) in [6, 6.07) is 28.8. The first-order valence-corrected chi connectivity index (χ1v) is 13.0. The number of allylic oxidation sites excluding steroid dienone is 1. The standard InChI is InChI=1S/C33H27N3O4/c1-39-33(38)24-12-14-31-28(17-24)27(26-10-6-5-9-25(26)20-40-31)15-16-36-21-35-29-18-23(11-13-30(29)36)32(37)34-19-22-7-3-2-4-8-22/h2-15,17-18,21H,16,19-20H2,1H3,(H,34,37)/b27-15+. The molecular formula is C33H27N3O4. The summed E-state index contributed by atoms with van der Waals surface area (Å²) in [5.41, 5.74) is 7.62. The first kappa shape index (κ1) is 25.1. The van der Waals surface area contributed by atoms with E-state index in [-0.39, 0.29) is 5.91 Å². The zero-order valence-corrected chi connectivity index (χ0v) is 22.0. The Labute approximate surface area is 231 Å². The highest BCUT2D eigenvalue weighted by molar-refractivity contribution is 5.97. The molecule has 0 unspecified atom stereocenters. The number of fused-ring (bicyclic) bond motifs is 3. The molecule has 0 saturated carbocycles. The van der Waals surface area contributed by atoms with Crippen LogP contribution >= 0.6 is 0 Å². The number of amides is 1. The van der Waals surface area contributed by atoms with Crippen molar-refractivity contribution < 1.29 is 19.1 Å². The number of aromatic nitrogens is 2. The molecule has 0 saturated heterocycles. The van der Waals surface area contributed by atoms with Crippen molar-refractivity contribution in [1.82, 2.24) is 14.9 Å². The van der Waals surface area contributed by atoms with Crippen LogP contribution in [0.4, 0.5) is 0 Å². The Kier molecular flexibility index (Phi) is 6.85. The Morgan fingerprint density at radius 3 is 2.60 bits per heavy atom. The van der Waals surface area contributed by atoms with E-state index in [0.717, 1.165) is 38.9 Å². The van der Waals surface area contributed by atoms with Crippen LogP contribution in [0.3, 0.4) is 0 Å². The van der Waals surface area contributed by atoms with E-state index in [4.69, 9.17) is 9.47 Å². The predicted molar refractivity (Wildman–Crippen MR) is 153 cm³/mol. The van der Waals surface area contributed by atoms with Gasteiger partial charge >= 0.3 is 5.97 Å². The predicted octanol–water partition coefficient (Wildman–Crippen LogP) is 5.78. The molecule has 1 amide bonds. The fourth-order valence-corrected chi connectivity index (χ4v) is 4.96. The van der Waals surface area contributed by atoms with Crippen molar-refractivity contribution in [1.29, 1.82) is 0 Å². The fourth-order valence-electron chi connectivity index (χ4n) is 4.96. The van der Waals surface area contributed by atoms with Crippen LogP contribution in [0.15, 0.2) is 103 Å². The number of hydrogen-bond acceptors (Lipinski definition) is 5. The largest absolute Gasteiger partial charge is 0.488 e. The van der Waals surface area contributed by atoms with E-state index in [9.17, 15) is 9.59 Å². The molecule has 5 aromatic rings. The summed E-state index contributed by atoms with van der Waals surface area (Å²) >= 11 is 0. The van der Waals surface area contributed by atoms with Crippen molar-refractivity contribution in [3.63, 3.8) is 0 Å². The lowest BCUT2D eigenvalue weighted by Crippen LogP contribution is -2.22. The van der Waals surface area contributed by atoms with Crippen LogP contribution in [-0.2, 0) is 24.4 Å². The van der Waals surface area contributed by atoms with Crippen LogP contribution in [0.2, 0.25) is 0 Å². The quantitative estimate of drug-likeness (QED) is 0.282.